The molecule has 0 saturated heterocycles. The van der Waals surface area contributed by atoms with Gasteiger partial charge in [0, 0.05) is 25.3 Å². The molecule has 1 aromatic carbocycles. The lowest BCUT2D eigenvalue weighted by Crippen LogP contribution is -2.41. The van der Waals surface area contributed by atoms with Gasteiger partial charge in [0.1, 0.15) is 11.2 Å². The van der Waals surface area contributed by atoms with E-state index in [0.29, 0.717) is 28.6 Å². The van der Waals surface area contributed by atoms with Gasteiger partial charge in [0.25, 0.3) is 5.56 Å². The van der Waals surface area contributed by atoms with E-state index in [1.165, 1.54) is 22.0 Å². The number of nitrogens with zero attached hydrogens (tertiary/aromatic N) is 4. The molecule has 1 amide bonds. The van der Waals surface area contributed by atoms with Gasteiger partial charge in [0.2, 0.25) is 5.91 Å². The van der Waals surface area contributed by atoms with Crippen molar-refractivity contribution in [2.75, 3.05) is 23.3 Å². The van der Waals surface area contributed by atoms with E-state index in [2.05, 4.69) is 16.9 Å². The number of rotatable bonds is 8. The molecule has 0 radical (unpaired) electrons. The van der Waals surface area contributed by atoms with E-state index < -0.39 is 11.2 Å². The Morgan fingerprint density at radius 1 is 1.19 bits per heavy atom. The zero-order chi connectivity index (χ0) is 22.7. The van der Waals surface area contributed by atoms with E-state index in [4.69, 9.17) is 0 Å². The highest BCUT2D eigenvalue weighted by Gasteiger charge is 2.20. The summed E-state index contributed by atoms with van der Waals surface area (Å²) >= 11 is 1.23. The van der Waals surface area contributed by atoms with Crippen LogP contribution < -0.4 is 21.5 Å². The van der Waals surface area contributed by atoms with Gasteiger partial charge in [-0.15, -0.1) is 6.58 Å². The summed E-state index contributed by atoms with van der Waals surface area (Å²) in [6.45, 7) is 12.8. The van der Waals surface area contributed by atoms with Crippen molar-refractivity contribution in [2.24, 2.45) is 0 Å². The molecule has 0 saturated carbocycles. The second-order valence-corrected chi connectivity index (χ2v) is 8.22. The first-order valence-electron chi connectivity index (χ1n) is 10.2. The smallest absolute Gasteiger partial charge is 0.333 e. The van der Waals surface area contributed by atoms with Gasteiger partial charge in [-0.3, -0.25) is 18.7 Å². The van der Waals surface area contributed by atoms with Gasteiger partial charge < -0.3 is 10.2 Å². The van der Waals surface area contributed by atoms with Gasteiger partial charge in [-0.1, -0.05) is 23.5 Å². The van der Waals surface area contributed by atoms with Crippen LogP contribution in [0.15, 0.2) is 40.4 Å². The molecule has 3 aromatic rings. The Labute approximate surface area is 184 Å². The summed E-state index contributed by atoms with van der Waals surface area (Å²) in [5, 5.41) is 3.48. The first-order chi connectivity index (χ1) is 14.8. The minimum absolute atomic E-state index is 0.0604. The fourth-order valence-electron chi connectivity index (χ4n) is 3.29. The summed E-state index contributed by atoms with van der Waals surface area (Å²) in [4.78, 5) is 45.3. The van der Waals surface area contributed by atoms with Gasteiger partial charge in [0.05, 0.1) is 0 Å². The van der Waals surface area contributed by atoms with E-state index in [-0.39, 0.29) is 24.6 Å². The molecule has 31 heavy (non-hydrogen) atoms. The van der Waals surface area contributed by atoms with Crippen LogP contribution in [0.4, 0.5) is 10.8 Å². The number of carbonyl (C=O) groups is 1. The van der Waals surface area contributed by atoms with Crippen LogP contribution in [0.3, 0.4) is 0 Å². The van der Waals surface area contributed by atoms with E-state index in [1.54, 1.807) is 0 Å². The zero-order valence-corrected chi connectivity index (χ0v) is 19.1. The Kier molecular flexibility index (Phi) is 6.74. The molecule has 0 aliphatic heterocycles. The van der Waals surface area contributed by atoms with Crippen LogP contribution in [0, 0.1) is 13.8 Å². The van der Waals surface area contributed by atoms with E-state index >= 15 is 0 Å². The number of anilines is 2. The monoisotopic (exact) mass is 441 g/mol. The van der Waals surface area contributed by atoms with Crippen molar-refractivity contribution < 1.29 is 4.79 Å². The quantitative estimate of drug-likeness (QED) is 0.543. The van der Waals surface area contributed by atoms with Crippen LogP contribution >= 0.6 is 11.3 Å². The first kappa shape index (κ1) is 22.5. The summed E-state index contributed by atoms with van der Waals surface area (Å²) < 4.78 is 2.70. The Morgan fingerprint density at radius 2 is 1.90 bits per heavy atom. The third-order valence-corrected chi connectivity index (χ3v) is 6.29. The van der Waals surface area contributed by atoms with E-state index in [1.807, 2.05) is 50.8 Å². The number of aryl methyl sites for hydroxylation is 2. The number of amides is 1. The standard InChI is InChI=1S/C22H27N5O3S/c1-6-11-26-20(29)18-19(24-21(31-18)25(7-2)8-3)27(22(26)30)13-17(28)23-16-10-9-14(4)15(5)12-16/h6,9-10,12H,1,7-8,11,13H2,2-5H3,(H,23,28). The first-order valence-corrected chi connectivity index (χ1v) is 11.0. The summed E-state index contributed by atoms with van der Waals surface area (Å²) in [7, 11) is 0. The van der Waals surface area contributed by atoms with Gasteiger partial charge in [-0.2, -0.15) is 0 Å². The van der Waals surface area contributed by atoms with Crippen molar-refractivity contribution in [1.82, 2.24) is 14.1 Å². The maximum Gasteiger partial charge on any atom is 0.333 e. The fraction of sp³-hybridized carbons (Fsp3) is 0.364. The van der Waals surface area contributed by atoms with Crippen LogP contribution in [0.1, 0.15) is 25.0 Å². The molecule has 0 atom stereocenters. The Hall–Kier alpha value is -3.20. The third kappa shape index (κ3) is 4.46. The molecule has 9 heteroatoms. The van der Waals surface area contributed by atoms with Gasteiger partial charge in [-0.05, 0) is 51.0 Å². The normalized spacial score (nSPS) is 11.0. The maximum atomic E-state index is 13.0. The molecule has 0 aliphatic rings. The molecule has 2 aromatic heterocycles. The number of thiazole rings is 1. The second kappa shape index (κ2) is 9.30. The number of nitrogens with one attached hydrogen (secondary N) is 1. The Bertz CT molecular complexity index is 1250. The number of fused-ring (bicyclic) bond motifs is 1. The van der Waals surface area contributed by atoms with Crippen LogP contribution in [-0.2, 0) is 17.9 Å². The molecule has 8 nitrogen and oxygen atoms in total. The summed E-state index contributed by atoms with van der Waals surface area (Å²) in [5.41, 5.74) is 2.07. The van der Waals surface area contributed by atoms with E-state index in [9.17, 15) is 14.4 Å². The largest absolute Gasteiger partial charge is 0.349 e. The number of hydrogen-bond donors (Lipinski definition) is 1. The van der Waals surface area contributed by atoms with Crippen LogP contribution in [-0.4, -0.2) is 33.1 Å². The number of benzene rings is 1. The average molecular weight is 442 g/mol. The average Bonchev–Trinajstić information content (AvgIpc) is 3.17. The molecule has 0 unspecified atom stereocenters. The van der Waals surface area contributed by atoms with Gasteiger partial charge >= 0.3 is 5.69 Å². The molecular formula is C22H27N5O3S. The van der Waals surface area contributed by atoms with Crippen molar-refractivity contribution in [1.29, 1.82) is 0 Å². The maximum absolute atomic E-state index is 13.0. The van der Waals surface area contributed by atoms with Crippen molar-refractivity contribution in [3.63, 3.8) is 0 Å². The fourth-order valence-corrected chi connectivity index (χ4v) is 4.44. The molecule has 0 spiro atoms. The lowest BCUT2D eigenvalue weighted by Gasteiger charge is -2.16. The van der Waals surface area contributed by atoms with Gasteiger partial charge in [-0.25, -0.2) is 9.78 Å². The van der Waals surface area contributed by atoms with Crippen LogP contribution in [0.5, 0.6) is 0 Å². The summed E-state index contributed by atoms with van der Waals surface area (Å²) in [5.74, 6) is -0.368. The van der Waals surface area contributed by atoms with Gasteiger partial charge in [0.15, 0.2) is 10.8 Å². The third-order valence-electron chi connectivity index (χ3n) is 5.19. The molecule has 2 heterocycles. The van der Waals surface area contributed by atoms with Crippen molar-refractivity contribution in [2.45, 2.75) is 40.8 Å². The highest BCUT2D eigenvalue weighted by Crippen LogP contribution is 2.25. The molecule has 1 N–H and O–H groups in total. The molecule has 0 fully saturated rings. The molecular weight excluding hydrogens is 414 g/mol. The molecule has 3 rings (SSSR count). The minimum atomic E-state index is -0.580. The van der Waals surface area contributed by atoms with Crippen molar-refractivity contribution >= 4 is 38.4 Å². The predicted octanol–water partition coefficient (Wildman–Crippen LogP) is 2.91. The summed E-state index contributed by atoms with van der Waals surface area (Å²) in [6, 6.07) is 5.63. The lowest BCUT2D eigenvalue weighted by atomic mass is 10.1. The number of carbonyl (C=O) groups excluding carboxylic acids is 1. The number of aromatic nitrogens is 3. The highest BCUT2D eigenvalue weighted by atomic mass is 32.1. The SMILES string of the molecule is C=CCn1c(=O)c2sc(N(CC)CC)nc2n(CC(=O)Nc2ccc(C)c(C)c2)c1=O. The van der Waals surface area contributed by atoms with Crippen molar-refractivity contribution in [3.05, 3.63) is 62.8 Å². The minimum Gasteiger partial charge on any atom is -0.349 e. The molecule has 0 aliphatic carbocycles. The topological polar surface area (TPSA) is 89.2 Å². The van der Waals surface area contributed by atoms with Crippen LogP contribution in [0.25, 0.3) is 10.3 Å². The highest BCUT2D eigenvalue weighted by molar-refractivity contribution is 7.22. The summed E-state index contributed by atoms with van der Waals surface area (Å²) in [6.07, 6.45) is 1.49. The Balaban J connectivity index is 2.07. The second-order valence-electron chi connectivity index (χ2n) is 7.24. The molecule has 164 valence electrons. The predicted molar refractivity (Wildman–Crippen MR) is 126 cm³/mol. The Morgan fingerprint density at radius 3 is 2.52 bits per heavy atom. The van der Waals surface area contributed by atoms with Crippen LogP contribution in [0.2, 0.25) is 0 Å². The number of allylic oxidation sites excluding steroid dienone is 1. The number of hydrogen-bond acceptors (Lipinski definition) is 6. The van der Waals surface area contributed by atoms with E-state index in [0.717, 1.165) is 15.7 Å². The van der Waals surface area contributed by atoms with Crippen molar-refractivity contribution in [3.8, 4) is 0 Å². The molecule has 0 bridgehead atoms. The zero-order valence-electron chi connectivity index (χ0n) is 18.3. The lowest BCUT2D eigenvalue weighted by molar-refractivity contribution is -0.116.